The molecule has 25 heavy (non-hydrogen) atoms. The summed E-state index contributed by atoms with van der Waals surface area (Å²) in [5, 5.41) is 6.47. The van der Waals surface area contributed by atoms with Crippen molar-refractivity contribution in [3.8, 4) is 0 Å². The highest BCUT2D eigenvalue weighted by atomic mass is 32.1. The second-order valence-electron chi connectivity index (χ2n) is 6.04. The molecule has 0 atom stereocenters. The molecule has 0 aliphatic carbocycles. The van der Waals surface area contributed by atoms with Crippen LogP contribution in [0.1, 0.15) is 16.3 Å². The number of rotatable bonds is 5. The molecule has 1 aliphatic heterocycles. The number of anilines is 1. The summed E-state index contributed by atoms with van der Waals surface area (Å²) >= 11 is 1.65. The maximum Gasteiger partial charge on any atom is 0.231 e. The van der Waals surface area contributed by atoms with Gasteiger partial charge in [-0.2, -0.15) is 0 Å². The molecule has 1 amide bonds. The van der Waals surface area contributed by atoms with Crippen LogP contribution in [-0.4, -0.2) is 48.9 Å². The number of para-hydroxylation sites is 1. The highest BCUT2D eigenvalue weighted by molar-refractivity contribution is 7.09. The van der Waals surface area contributed by atoms with E-state index in [1.807, 2.05) is 48.0 Å². The van der Waals surface area contributed by atoms with E-state index < -0.39 is 0 Å². The summed E-state index contributed by atoms with van der Waals surface area (Å²) in [5.41, 5.74) is 3.17. The molecule has 1 N–H and O–H groups in total. The highest BCUT2D eigenvalue weighted by Gasteiger charge is 2.26. The average Bonchev–Trinajstić information content (AvgIpc) is 3.14. The minimum absolute atomic E-state index is 0.157. The SMILES string of the molecule is CN=C(NCCN1C(=O)Cc2ccccc21)N(C)Cc1csc(C)n1. The summed E-state index contributed by atoms with van der Waals surface area (Å²) in [6.07, 6.45) is 0.494. The number of fused-ring (bicyclic) bond motifs is 1. The van der Waals surface area contributed by atoms with Gasteiger partial charge in [-0.1, -0.05) is 18.2 Å². The molecule has 132 valence electrons. The normalized spacial score (nSPS) is 14.0. The van der Waals surface area contributed by atoms with Gasteiger partial charge < -0.3 is 15.1 Å². The molecule has 0 spiro atoms. The Morgan fingerprint density at radius 3 is 2.96 bits per heavy atom. The molecule has 3 rings (SSSR count). The fourth-order valence-corrected chi connectivity index (χ4v) is 3.63. The minimum Gasteiger partial charge on any atom is -0.354 e. The van der Waals surface area contributed by atoms with Gasteiger partial charge in [-0.05, 0) is 18.6 Å². The number of guanidine groups is 1. The largest absolute Gasteiger partial charge is 0.354 e. The van der Waals surface area contributed by atoms with Crippen molar-refractivity contribution in [1.82, 2.24) is 15.2 Å². The highest BCUT2D eigenvalue weighted by Crippen LogP contribution is 2.27. The van der Waals surface area contributed by atoms with E-state index in [-0.39, 0.29) is 5.91 Å². The van der Waals surface area contributed by atoms with Crippen molar-refractivity contribution in [1.29, 1.82) is 0 Å². The fourth-order valence-electron chi connectivity index (χ4n) is 3.02. The third-order valence-corrected chi connectivity index (χ3v) is 5.01. The molecular weight excluding hydrogens is 334 g/mol. The van der Waals surface area contributed by atoms with Crippen molar-refractivity contribution in [2.45, 2.75) is 19.9 Å². The number of amides is 1. The first-order valence-electron chi connectivity index (χ1n) is 8.29. The molecular formula is C18H23N5OS. The van der Waals surface area contributed by atoms with Gasteiger partial charge in [-0.25, -0.2) is 4.98 Å². The van der Waals surface area contributed by atoms with Crippen molar-refractivity contribution >= 4 is 28.9 Å². The smallest absolute Gasteiger partial charge is 0.231 e. The van der Waals surface area contributed by atoms with Crippen molar-refractivity contribution in [3.63, 3.8) is 0 Å². The van der Waals surface area contributed by atoms with E-state index in [1.165, 1.54) is 0 Å². The fraction of sp³-hybridized carbons (Fsp3) is 0.389. The molecule has 0 saturated carbocycles. The Morgan fingerprint density at radius 1 is 1.44 bits per heavy atom. The van der Waals surface area contributed by atoms with E-state index in [0.717, 1.165) is 27.9 Å². The third kappa shape index (κ3) is 3.99. The number of aryl methyl sites for hydroxylation is 1. The molecule has 7 heteroatoms. The Bertz CT molecular complexity index is 785. The van der Waals surface area contributed by atoms with Gasteiger partial charge in [-0.15, -0.1) is 11.3 Å². The van der Waals surface area contributed by atoms with Crippen LogP contribution in [0.15, 0.2) is 34.6 Å². The van der Waals surface area contributed by atoms with E-state index in [1.54, 1.807) is 18.4 Å². The molecule has 0 saturated heterocycles. The van der Waals surface area contributed by atoms with Crippen LogP contribution in [-0.2, 0) is 17.8 Å². The summed E-state index contributed by atoms with van der Waals surface area (Å²) in [4.78, 5) is 24.9. The zero-order valence-electron chi connectivity index (χ0n) is 14.8. The molecule has 0 unspecified atom stereocenters. The van der Waals surface area contributed by atoms with Crippen LogP contribution < -0.4 is 10.2 Å². The standard InChI is InChI=1S/C18H23N5OS/c1-13-21-15(12-25-13)11-22(3)18(19-2)20-8-9-23-16-7-5-4-6-14(16)10-17(23)24/h4-7,12H,8-11H2,1-3H3,(H,19,20). The summed E-state index contributed by atoms with van der Waals surface area (Å²) in [6, 6.07) is 7.97. The first-order valence-corrected chi connectivity index (χ1v) is 9.17. The number of thiazole rings is 1. The zero-order valence-corrected chi connectivity index (χ0v) is 15.6. The quantitative estimate of drug-likeness (QED) is 0.657. The Balaban J connectivity index is 1.54. The van der Waals surface area contributed by atoms with E-state index in [4.69, 9.17) is 0 Å². The molecule has 0 bridgehead atoms. The first-order chi connectivity index (χ1) is 12.1. The van der Waals surface area contributed by atoms with Crippen LogP contribution in [0.25, 0.3) is 0 Å². The third-order valence-electron chi connectivity index (χ3n) is 4.18. The predicted octanol–water partition coefficient (Wildman–Crippen LogP) is 2.05. The monoisotopic (exact) mass is 357 g/mol. The van der Waals surface area contributed by atoms with Gasteiger partial charge in [0, 0.05) is 38.3 Å². The van der Waals surface area contributed by atoms with Crippen molar-refractivity contribution < 1.29 is 4.79 Å². The van der Waals surface area contributed by atoms with Crippen LogP contribution in [0.4, 0.5) is 5.69 Å². The van der Waals surface area contributed by atoms with Gasteiger partial charge >= 0.3 is 0 Å². The van der Waals surface area contributed by atoms with Gasteiger partial charge in [0.25, 0.3) is 0 Å². The maximum atomic E-state index is 12.2. The van der Waals surface area contributed by atoms with Crippen LogP contribution in [0.2, 0.25) is 0 Å². The molecule has 1 aliphatic rings. The van der Waals surface area contributed by atoms with Crippen molar-refractivity contribution in [3.05, 3.63) is 45.9 Å². The summed E-state index contributed by atoms with van der Waals surface area (Å²) in [5.74, 6) is 0.954. The molecule has 0 radical (unpaired) electrons. The number of nitrogens with one attached hydrogen (secondary N) is 1. The maximum absolute atomic E-state index is 12.2. The first kappa shape index (κ1) is 17.4. The topological polar surface area (TPSA) is 60.8 Å². The molecule has 0 fully saturated rings. The lowest BCUT2D eigenvalue weighted by Crippen LogP contribution is -2.43. The average molecular weight is 357 g/mol. The number of hydrogen-bond donors (Lipinski definition) is 1. The van der Waals surface area contributed by atoms with Gasteiger partial charge in [0.2, 0.25) is 5.91 Å². The second kappa shape index (κ2) is 7.65. The lowest BCUT2D eigenvalue weighted by atomic mass is 10.2. The number of aliphatic imine (C=N–C) groups is 1. The number of carbonyl (C=O) groups is 1. The Kier molecular flexibility index (Phi) is 5.33. The predicted molar refractivity (Wildman–Crippen MR) is 102 cm³/mol. The lowest BCUT2D eigenvalue weighted by Gasteiger charge is -2.23. The second-order valence-corrected chi connectivity index (χ2v) is 7.10. The molecule has 2 heterocycles. The molecule has 1 aromatic carbocycles. The van der Waals surface area contributed by atoms with Crippen molar-refractivity contribution in [2.75, 3.05) is 32.1 Å². The zero-order chi connectivity index (χ0) is 17.8. The lowest BCUT2D eigenvalue weighted by molar-refractivity contribution is -0.117. The Hall–Kier alpha value is -2.41. The summed E-state index contributed by atoms with van der Waals surface area (Å²) < 4.78 is 0. The van der Waals surface area contributed by atoms with Gasteiger partial charge in [0.15, 0.2) is 5.96 Å². The molecule has 6 nitrogen and oxygen atoms in total. The van der Waals surface area contributed by atoms with Gasteiger partial charge in [0.05, 0.1) is 23.7 Å². The number of benzene rings is 1. The van der Waals surface area contributed by atoms with E-state index in [0.29, 0.717) is 26.1 Å². The van der Waals surface area contributed by atoms with Crippen molar-refractivity contribution in [2.24, 2.45) is 4.99 Å². The van der Waals surface area contributed by atoms with Crippen LogP contribution >= 0.6 is 11.3 Å². The number of nitrogens with zero attached hydrogens (tertiary/aromatic N) is 4. The van der Waals surface area contributed by atoms with Crippen LogP contribution in [0.5, 0.6) is 0 Å². The Labute approximate surface area is 152 Å². The summed E-state index contributed by atoms with van der Waals surface area (Å²) in [6.45, 7) is 3.98. The Morgan fingerprint density at radius 2 is 2.24 bits per heavy atom. The molecule has 1 aromatic heterocycles. The van der Waals surface area contributed by atoms with E-state index >= 15 is 0 Å². The van der Waals surface area contributed by atoms with Gasteiger partial charge in [-0.3, -0.25) is 9.79 Å². The number of carbonyl (C=O) groups excluding carboxylic acids is 1. The number of aromatic nitrogens is 1. The van der Waals surface area contributed by atoms with E-state index in [2.05, 4.69) is 20.7 Å². The molecule has 2 aromatic rings. The van der Waals surface area contributed by atoms with Gasteiger partial charge in [0.1, 0.15) is 0 Å². The number of hydrogen-bond acceptors (Lipinski definition) is 4. The minimum atomic E-state index is 0.157. The van der Waals surface area contributed by atoms with E-state index in [9.17, 15) is 4.79 Å². The van der Waals surface area contributed by atoms with Crippen LogP contribution in [0, 0.1) is 6.92 Å². The summed E-state index contributed by atoms with van der Waals surface area (Å²) in [7, 11) is 3.75. The van der Waals surface area contributed by atoms with Crippen LogP contribution in [0.3, 0.4) is 0 Å².